The molecule has 0 heterocycles. The first-order valence-electron chi connectivity index (χ1n) is 10.6. The average Bonchev–Trinajstić information content (AvgIpc) is 3.45. The van der Waals surface area contributed by atoms with Gasteiger partial charge in [0.15, 0.2) is 0 Å². The number of rotatable bonds is 0. The molecule has 128 valence electrons. The normalized spacial score (nSPS) is 32.9. The highest BCUT2D eigenvalue weighted by Gasteiger charge is 2.46. The van der Waals surface area contributed by atoms with Crippen LogP contribution in [0.15, 0.2) is 48.5 Å². The summed E-state index contributed by atoms with van der Waals surface area (Å²) < 4.78 is 0. The summed E-state index contributed by atoms with van der Waals surface area (Å²) in [7, 11) is 0. The predicted octanol–water partition coefficient (Wildman–Crippen LogP) is 6.68. The molecule has 0 saturated heterocycles. The molecule has 0 radical (unpaired) electrons. The van der Waals surface area contributed by atoms with E-state index < -0.39 is 0 Å². The van der Waals surface area contributed by atoms with Gasteiger partial charge >= 0.3 is 0 Å². The van der Waals surface area contributed by atoms with Gasteiger partial charge in [0.05, 0.1) is 0 Å². The van der Waals surface area contributed by atoms with Crippen LogP contribution in [0.5, 0.6) is 0 Å². The lowest BCUT2D eigenvalue weighted by Gasteiger charge is -2.31. The van der Waals surface area contributed by atoms with E-state index in [-0.39, 0.29) is 0 Å². The van der Waals surface area contributed by atoms with Crippen LogP contribution in [-0.4, -0.2) is 0 Å². The average molecular weight is 336 g/mol. The minimum atomic E-state index is 0.796. The largest absolute Gasteiger partial charge is 0.0616 e. The van der Waals surface area contributed by atoms with Gasteiger partial charge in [0.2, 0.25) is 0 Å². The van der Waals surface area contributed by atoms with Crippen molar-refractivity contribution in [3.8, 4) is 0 Å². The van der Waals surface area contributed by atoms with Gasteiger partial charge in [-0.2, -0.15) is 0 Å². The molecule has 5 aliphatic rings. The summed E-state index contributed by atoms with van der Waals surface area (Å²) in [5, 5.41) is 0. The van der Waals surface area contributed by atoms with E-state index in [9.17, 15) is 0 Å². The second kappa shape index (κ2) is 4.80. The van der Waals surface area contributed by atoms with E-state index in [2.05, 4.69) is 48.5 Å². The molecule has 7 rings (SSSR count). The molecular weight excluding hydrogens is 312 g/mol. The topological polar surface area (TPSA) is 0 Å². The monoisotopic (exact) mass is 336 g/mol. The summed E-state index contributed by atoms with van der Waals surface area (Å²) in [6.07, 6.45) is 8.39. The van der Waals surface area contributed by atoms with Crippen LogP contribution in [0.25, 0.3) is 22.3 Å². The van der Waals surface area contributed by atoms with Crippen LogP contribution in [0.4, 0.5) is 0 Å². The summed E-state index contributed by atoms with van der Waals surface area (Å²) in [4.78, 5) is 0. The molecule has 0 nitrogen and oxygen atoms in total. The molecule has 4 atom stereocenters. The van der Waals surface area contributed by atoms with Gasteiger partial charge in [-0.15, -0.1) is 0 Å². The van der Waals surface area contributed by atoms with Crippen LogP contribution in [0.1, 0.15) is 60.8 Å². The van der Waals surface area contributed by atoms with Crippen LogP contribution in [-0.2, 0) is 0 Å². The van der Waals surface area contributed by atoms with Gasteiger partial charge in [-0.25, -0.2) is 0 Å². The smallest absolute Gasteiger partial charge is 0.0143 e. The zero-order valence-corrected chi connectivity index (χ0v) is 15.2. The van der Waals surface area contributed by atoms with Crippen molar-refractivity contribution < 1.29 is 0 Å². The molecule has 0 heteroatoms. The molecular formula is C26H24. The molecule has 26 heavy (non-hydrogen) atoms. The fourth-order valence-corrected chi connectivity index (χ4v) is 7.26. The number of hydrogen-bond acceptors (Lipinski definition) is 0. The van der Waals surface area contributed by atoms with Crippen LogP contribution in [0, 0.1) is 23.7 Å². The molecule has 0 amide bonds. The molecule has 4 bridgehead atoms. The van der Waals surface area contributed by atoms with Gasteiger partial charge in [-0.1, -0.05) is 48.5 Å². The summed E-state index contributed by atoms with van der Waals surface area (Å²) in [6, 6.07) is 18.9. The molecule has 2 aromatic carbocycles. The second-order valence-corrected chi connectivity index (χ2v) is 9.16. The van der Waals surface area contributed by atoms with Gasteiger partial charge in [0.1, 0.15) is 0 Å². The Balaban J connectivity index is 1.64. The van der Waals surface area contributed by atoms with Gasteiger partial charge in [0.25, 0.3) is 0 Å². The third kappa shape index (κ3) is 1.58. The minimum absolute atomic E-state index is 0.796. The van der Waals surface area contributed by atoms with Crippen molar-refractivity contribution in [1.82, 2.24) is 0 Å². The first-order chi connectivity index (χ1) is 12.9. The highest BCUT2D eigenvalue weighted by atomic mass is 14.5. The lowest BCUT2D eigenvalue weighted by atomic mass is 9.73. The second-order valence-electron chi connectivity index (χ2n) is 9.16. The van der Waals surface area contributed by atoms with Crippen molar-refractivity contribution in [3.63, 3.8) is 0 Å². The first-order valence-corrected chi connectivity index (χ1v) is 10.6. The van der Waals surface area contributed by atoms with Gasteiger partial charge in [0, 0.05) is 0 Å². The van der Waals surface area contributed by atoms with Crippen molar-refractivity contribution in [2.24, 2.45) is 23.7 Å². The zero-order valence-electron chi connectivity index (χ0n) is 15.2. The molecule has 0 N–H and O–H groups in total. The van der Waals surface area contributed by atoms with Crippen LogP contribution in [0.2, 0.25) is 0 Å². The van der Waals surface area contributed by atoms with E-state index in [1.807, 2.05) is 0 Å². The van der Waals surface area contributed by atoms with E-state index in [0.717, 1.165) is 23.7 Å². The summed E-state index contributed by atoms with van der Waals surface area (Å²) >= 11 is 0. The molecule has 0 spiro atoms. The van der Waals surface area contributed by atoms with Gasteiger partial charge < -0.3 is 0 Å². The van der Waals surface area contributed by atoms with Crippen LogP contribution < -0.4 is 0 Å². The Morgan fingerprint density at radius 2 is 0.692 bits per heavy atom. The maximum atomic E-state index is 2.44. The van der Waals surface area contributed by atoms with Gasteiger partial charge in [-0.05, 0) is 107 Å². The van der Waals surface area contributed by atoms with Crippen molar-refractivity contribution in [1.29, 1.82) is 0 Å². The Bertz CT molecular complexity index is 856. The fourth-order valence-electron chi connectivity index (χ4n) is 7.26. The Kier molecular flexibility index (Phi) is 2.59. The molecule has 5 aliphatic carbocycles. The maximum absolute atomic E-state index is 2.44. The summed E-state index contributed by atoms with van der Waals surface area (Å²) in [5.74, 6) is 3.18. The van der Waals surface area contributed by atoms with Crippen molar-refractivity contribution in [2.45, 2.75) is 38.5 Å². The number of allylic oxidation sites excluding steroid dienone is 4. The highest BCUT2D eigenvalue weighted by molar-refractivity contribution is 6.08. The third-order valence-electron chi connectivity index (χ3n) is 8.09. The summed E-state index contributed by atoms with van der Waals surface area (Å²) in [6.45, 7) is 0. The molecule has 2 fully saturated rings. The third-order valence-corrected chi connectivity index (χ3v) is 8.09. The number of benzene rings is 2. The fraction of sp³-hybridized carbons (Fsp3) is 0.385. The molecule has 0 aromatic heterocycles. The van der Waals surface area contributed by atoms with E-state index in [1.165, 1.54) is 38.5 Å². The maximum Gasteiger partial charge on any atom is -0.0143 e. The van der Waals surface area contributed by atoms with Crippen molar-refractivity contribution >= 4 is 22.3 Å². The van der Waals surface area contributed by atoms with E-state index in [4.69, 9.17) is 0 Å². The minimum Gasteiger partial charge on any atom is -0.0616 e. The Labute approximate surface area is 155 Å². The molecule has 0 unspecified atom stereocenters. The Morgan fingerprint density at radius 3 is 0.962 bits per heavy atom. The lowest BCUT2D eigenvalue weighted by molar-refractivity contribution is 0.700. The van der Waals surface area contributed by atoms with Crippen LogP contribution >= 0.6 is 0 Å². The Morgan fingerprint density at radius 1 is 0.423 bits per heavy atom. The number of hydrogen-bond donors (Lipinski definition) is 0. The SMILES string of the molecule is c1ccc2c(c1)C1=C(c3ccccc3C3=C2[C@H]2CC[C@@H]3C2)[C@H]2CC[C@@H]1C2. The number of fused-ring (bicyclic) bond motifs is 14. The quantitative estimate of drug-likeness (QED) is 0.503. The van der Waals surface area contributed by atoms with E-state index in [0.29, 0.717) is 0 Å². The summed E-state index contributed by atoms with van der Waals surface area (Å²) in [5.41, 5.74) is 13.2. The molecule has 0 aliphatic heterocycles. The zero-order chi connectivity index (χ0) is 16.8. The molecule has 2 aromatic rings. The first kappa shape index (κ1) is 14.0. The predicted molar refractivity (Wildman–Crippen MR) is 108 cm³/mol. The van der Waals surface area contributed by atoms with Crippen molar-refractivity contribution in [2.75, 3.05) is 0 Å². The lowest BCUT2D eigenvalue weighted by Crippen LogP contribution is -2.12. The van der Waals surface area contributed by atoms with Gasteiger partial charge in [-0.3, -0.25) is 0 Å². The van der Waals surface area contributed by atoms with E-state index in [1.54, 1.807) is 44.5 Å². The highest BCUT2D eigenvalue weighted by Crippen LogP contribution is 2.63. The van der Waals surface area contributed by atoms with E-state index >= 15 is 0 Å². The Hall–Kier alpha value is -2.08. The molecule has 2 saturated carbocycles. The van der Waals surface area contributed by atoms with Crippen molar-refractivity contribution in [3.05, 3.63) is 70.8 Å². The van der Waals surface area contributed by atoms with Crippen LogP contribution in [0.3, 0.4) is 0 Å². The standard InChI is InChI=1S/C26H24/c1-2-6-20-19(5-1)23-15-9-10-17(13-15)25(23)21-7-3-4-8-22(21)26-18-12-11-16(14-18)24(20)26/h1-8,15-18H,9-14H2/t15-,16+,17+,18-.